The Labute approximate surface area is 120 Å². The quantitative estimate of drug-likeness (QED) is 0.846. The number of hydrogen-bond donors (Lipinski definition) is 0. The molecule has 4 heteroatoms. The van der Waals surface area contributed by atoms with Crippen LogP contribution in [0.5, 0.6) is 0 Å². The Bertz CT molecular complexity index is 450. The highest BCUT2D eigenvalue weighted by Gasteiger charge is 2.17. The molecule has 104 valence electrons. The summed E-state index contributed by atoms with van der Waals surface area (Å²) in [5.74, 6) is 1.23. The maximum atomic E-state index is 9.14. The van der Waals surface area contributed by atoms with E-state index in [1.807, 2.05) is 0 Å². The molecule has 0 saturated carbocycles. The first-order chi connectivity index (χ1) is 9.10. The van der Waals surface area contributed by atoms with Gasteiger partial charge < -0.3 is 4.90 Å². The van der Waals surface area contributed by atoms with E-state index in [9.17, 15) is 0 Å². The van der Waals surface area contributed by atoms with Crippen LogP contribution in [0.1, 0.15) is 55.1 Å². The molecule has 19 heavy (non-hydrogen) atoms. The van der Waals surface area contributed by atoms with Gasteiger partial charge in [-0.3, -0.25) is 0 Å². The summed E-state index contributed by atoms with van der Waals surface area (Å²) in [5, 5.41) is 10.3. The highest BCUT2D eigenvalue weighted by Crippen LogP contribution is 2.25. The minimum atomic E-state index is 0.343. The standard InChI is InChI=1S/C15H23N3S/c1-11(2)15-13(10-16)19-14(17-15)6-9-18-7-4-12(3)5-8-18/h11-12H,4-9H2,1-3H3. The zero-order valence-corrected chi connectivity index (χ0v) is 13.0. The van der Waals surface area contributed by atoms with E-state index in [-0.39, 0.29) is 0 Å². The first-order valence-electron chi connectivity index (χ1n) is 7.22. The van der Waals surface area contributed by atoms with Crippen molar-refractivity contribution in [3.63, 3.8) is 0 Å². The van der Waals surface area contributed by atoms with Crippen molar-refractivity contribution in [3.8, 4) is 6.07 Å². The molecule has 2 heterocycles. The summed E-state index contributed by atoms with van der Waals surface area (Å²) in [6.07, 6.45) is 3.62. The second-order valence-corrected chi connectivity index (χ2v) is 6.95. The topological polar surface area (TPSA) is 39.9 Å². The molecule has 2 rings (SSSR count). The van der Waals surface area contributed by atoms with Gasteiger partial charge in [0.15, 0.2) is 0 Å². The molecule has 1 aliphatic rings. The molecule has 1 aromatic rings. The molecule has 0 aromatic carbocycles. The molecular formula is C15H23N3S. The zero-order chi connectivity index (χ0) is 13.8. The van der Waals surface area contributed by atoms with Crippen molar-refractivity contribution >= 4 is 11.3 Å². The first-order valence-corrected chi connectivity index (χ1v) is 8.04. The fourth-order valence-electron chi connectivity index (χ4n) is 2.50. The molecule has 0 radical (unpaired) electrons. The summed E-state index contributed by atoms with van der Waals surface area (Å²) in [5.41, 5.74) is 0.981. The van der Waals surface area contributed by atoms with Gasteiger partial charge in [-0.1, -0.05) is 20.8 Å². The van der Waals surface area contributed by atoms with Gasteiger partial charge in [0, 0.05) is 13.0 Å². The van der Waals surface area contributed by atoms with Gasteiger partial charge in [0.05, 0.1) is 10.7 Å². The van der Waals surface area contributed by atoms with E-state index in [0.29, 0.717) is 5.92 Å². The number of nitriles is 1. The fourth-order valence-corrected chi connectivity index (χ4v) is 3.50. The highest BCUT2D eigenvalue weighted by atomic mass is 32.1. The summed E-state index contributed by atoms with van der Waals surface area (Å²) in [7, 11) is 0. The Hall–Kier alpha value is -0.920. The van der Waals surface area contributed by atoms with Crippen LogP contribution in [0.25, 0.3) is 0 Å². The summed E-state index contributed by atoms with van der Waals surface area (Å²) in [4.78, 5) is 7.98. The SMILES string of the molecule is CC1CCN(CCc2nc(C(C)C)c(C#N)s2)CC1. The summed E-state index contributed by atoms with van der Waals surface area (Å²) >= 11 is 1.58. The number of rotatable bonds is 4. The predicted octanol–water partition coefficient (Wildman–Crippen LogP) is 3.41. The van der Waals surface area contributed by atoms with Crippen molar-refractivity contribution in [3.05, 3.63) is 15.6 Å². The molecule has 0 unspecified atom stereocenters. The van der Waals surface area contributed by atoms with Crippen LogP contribution in [0.3, 0.4) is 0 Å². The Balaban J connectivity index is 1.91. The smallest absolute Gasteiger partial charge is 0.128 e. The van der Waals surface area contributed by atoms with Crippen LogP contribution in [-0.4, -0.2) is 29.5 Å². The second kappa shape index (κ2) is 6.49. The Morgan fingerprint density at radius 3 is 2.63 bits per heavy atom. The average Bonchev–Trinajstić information content (AvgIpc) is 2.81. The zero-order valence-electron chi connectivity index (χ0n) is 12.1. The largest absolute Gasteiger partial charge is 0.303 e. The molecule has 1 saturated heterocycles. The molecule has 0 N–H and O–H groups in total. The van der Waals surface area contributed by atoms with Crippen molar-refractivity contribution in [2.24, 2.45) is 5.92 Å². The lowest BCUT2D eigenvalue weighted by atomic mass is 9.99. The summed E-state index contributed by atoms with van der Waals surface area (Å²) in [6.45, 7) is 10.1. The fraction of sp³-hybridized carbons (Fsp3) is 0.733. The average molecular weight is 277 g/mol. The maximum Gasteiger partial charge on any atom is 0.128 e. The van der Waals surface area contributed by atoms with Crippen LogP contribution in [0.2, 0.25) is 0 Å². The molecule has 3 nitrogen and oxygen atoms in total. The predicted molar refractivity (Wildman–Crippen MR) is 79.5 cm³/mol. The number of hydrogen-bond acceptors (Lipinski definition) is 4. The summed E-state index contributed by atoms with van der Waals surface area (Å²) in [6, 6.07) is 2.28. The third kappa shape index (κ3) is 3.77. The molecular weight excluding hydrogens is 254 g/mol. The van der Waals surface area contributed by atoms with Gasteiger partial charge in [-0.15, -0.1) is 11.3 Å². The second-order valence-electron chi connectivity index (χ2n) is 5.86. The van der Waals surface area contributed by atoms with Crippen molar-refractivity contribution in [1.82, 2.24) is 9.88 Å². The summed E-state index contributed by atoms with van der Waals surface area (Å²) < 4.78 is 0. The van der Waals surface area contributed by atoms with Gasteiger partial charge in [0.25, 0.3) is 0 Å². The van der Waals surface area contributed by atoms with Gasteiger partial charge in [-0.2, -0.15) is 5.26 Å². The number of piperidine rings is 1. The molecule has 0 amide bonds. The molecule has 1 aromatic heterocycles. The van der Waals surface area contributed by atoms with Crippen molar-refractivity contribution in [2.75, 3.05) is 19.6 Å². The number of likely N-dealkylation sites (tertiary alicyclic amines) is 1. The third-order valence-corrected chi connectivity index (χ3v) is 4.90. The first kappa shape index (κ1) is 14.5. The van der Waals surface area contributed by atoms with E-state index >= 15 is 0 Å². The van der Waals surface area contributed by atoms with Gasteiger partial charge in [0.1, 0.15) is 10.9 Å². The number of thiazole rings is 1. The lowest BCUT2D eigenvalue weighted by Gasteiger charge is -2.29. The van der Waals surface area contributed by atoms with Crippen LogP contribution in [-0.2, 0) is 6.42 Å². The van der Waals surface area contributed by atoms with E-state index in [0.717, 1.165) is 34.5 Å². The minimum Gasteiger partial charge on any atom is -0.303 e. The van der Waals surface area contributed by atoms with Gasteiger partial charge >= 0.3 is 0 Å². The number of aromatic nitrogens is 1. The monoisotopic (exact) mass is 277 g/mol. The van der Waals surface area contributed by atoms with E-state index in [1.165, 1.54) is 25.9 Å². The molecule has 0 atom stereocenters. The molecule has 0 bridgehead atoms. The van der Waals surface area contributed by atoms with Crippen LogP contribution in [0.15, 0.2) is 0 Å². The highest BCUT2D eigenvalue weighted by molar-refractivity contribution is 7.12. The van der Waals surface area contributed by atoms with Gasteiger partial charge in [0.2, 0.25) is 0 Å². The Morgan fingerprint density at radius 1 is 1.42 bits per heavy atom. The van der Waals surface area contributed by atoms with Crippen LogP contribution in [0, 0.1) is 17.2 Å². The maximum absolute atomic E-state index is 9.14. The molecule has 0 aliphatic carbocycles. The van der Waals surface area contributed by atoms with Crippen LogP contribution < -0.4 is 0 Å². The lowest BCUT2D eigenvalue weighted by molar-refractivity contribution is 0.194. The minimum absolute atomic E-state index is 0.343. The van der Waals surface area contributed by atoms with E-state index in [1.54, 1.807) is 11.3 Å². The Morgan fingerprint density at radius 2 is 2.11 bits per heavy atom. The van der Waals surface area contributed by atoms with Crippen LogP contribution in [0.4, 0.5) is 0 Å². The van der Waals surface area contributed by atoms with E-state index < -0.39 is 0 Å². The molecule has 1 aliphatic heterocycles. The van der Waals surface area contributed by atoms with E-state index in [2.05, 4.69) is 36.7 Å². The normalized spacial score (nSPS) is 17.8. The number of nitrogens with zero attached hydrogens (tertiary/aromatic N) is 3. The van der Waals surface area contributed by atoms with Gasteiger partial charge in [-0.25, -0.2) is 4.98 Å². The molecule has 1 fully saturated rings. The third-order valence-electron chi connectivity index (χ3n) is 3.86. The van der Waals surface area contributed by atoms with Crippen LogP contribution >= 0.6 is 11.3 Å². The Kier molecular flexibility index (Phi) is 4.95. The lowest BCUT2D eigenvalue weighted by Crippen LogP contribution is -2.34. The van der Waals surface area contributed by atoms with Gasteiger partial charge in [-0.05, 0) is 37.8 Å². The van der Waals surface area contributed by atoms with E-state index in [4.69, 9.17) is 5.26 Å². The molecule has 0 spiro atoms. The van der Waals surface area contributed by atoms with Crippen molar-refractivity contribution in [2.45, 2.75) is 46.0 Å². The van der Waals surface area contributed by atoms with Crippen molar-refractivity contribution < 1.29 is 0 Å². The van der Waals surface area contributed by atoms with Crippen molar-refractivity contribution in [1.29, 1.82) is 5.26 Å².